The van der Waals surface area contributed by atoms with Gasteiger partial charge in [0.05, 0.1) is 6.61 Å². The summed E-state index contributed by atoms with van der Waals surface area (Å²) in [5.74, 6) is -0.665. The Labute approximate surface area is 382 Å². The summed E-state index contributed by atoms with van der Waals surface area (Å²) in [4.78, 5) is 24.4. The van der Waals surface area contributed by atoms with Crippen LogP contribution in [0.3, 0.4) is 0 Å². The van der Waals surface area contributed by atoms with E-state index in [0.29, 0.717) is 19.3 Å². The summed E-state index contributed by atoms with van der Waals surface area (Å²) < 4.78 is 10.6. The van der Waals surface area contributed by atoms with Gasteiger partial charge in [-0.3, -0.25) is 9.59 Å². The molecule has 0 amide bonds. The zero-order valence-corrected chi connectivity index (χ0v) is 39.8. The molecular weight excluding hydrogens is 765 g/mol. The van der Waals surface area contributed by atoms with Gasteiger partial charge in [0, 0.05) is 12.8 Å². The van der Waals surface area contributed by atoms with E-state index in [0.717, 1.165) is 89.9 Å². The molecule has 0 saturated heterocycles. The second kappa shape index (κ2) is 51.6. The molecule has 0 aromatic rings. The maximum atomic E-state index is 12.3. The minimum absolute atomic E-state index is 0.101. The molecule has 1 unspecified atom stereocenters. The number of aliphatic hydroxyl groups is 1. The molecule has 0 saturated carbocycles. The van der Waals surface area contributed by atoms with Crippen molar-refractivity contribution in [3.63, 3.8) is 0 Å². The molecular formula is C57H92O5. The van der Waals surface area contributed by atoms with Crippen molar-refractivity contribution in [2.24, 2.45) is 0 Å². The van der Waals surface area contributed by atoms with Crippen LogP contribution in [0.5, 0.6) is 0 Å². The van der Waals surface area contributed by atoms with Crippen LogP contribution in [0, 0.1) is 0 Å². The number of rotatable bonds is 44. The second-order valence-corrected chi connectivity index (χ2v) is 16.1. The standard InChI is InChI=1S/C57H92O5/c1-3-5-7-9-11-13-15-17-19-21-22-23-24-25-26-27-28-29-30-31-32-33-34-36-38-40-42-44-46-48-50-52-57(60)62-55(53-58)54-61-56(59)51-49-47-45-43-41-39-37-35-20-18-16-14-12-10-8-6-4-2/h5-8,11-14,17-20,22-23,25-26,37,39,43,45,55,58H,3-4,9-10,15-16,21,24,27-36,38,40-42,44,46-54H2,1-2H3/b7-5-,8-6-,13-11-,14-12-,19-17-,20-18-,23-22-,26-25-,39-37-,45-43-. The normalized spacial score (nSPS) is 13.3. The molecule has 0 aliphatic rings. The number of hydrogen-bond acceptors (Lipinski definition) is 5. The van der Waals surface area contributed by atoms with Crippen LogP contribution >= 0.6 is 0 Å². The molecule has 5 nitrogen and oxygen atoms in total. The molecule has 1 atom stereocenters. The minimum atomic E-state index is -0.803. The lowest BCUT2D eigenvalue weighted by Crippen LogP contribution is -2.28. The maximum Gasteiger partial charge on any atom is 0.306 e. The summed E-state index contributed by atoms with van der Waals surface area (Å²) in [5.41, 5.74) is 0. The van der Waals surface area contributed by atoms with Crippen molar-refractivity contribution in [3.8, 4) is 0 Å². The Morgan fingerprint density at radius 2 is 0.661 bits per heavy atom. The Hall–Kier alpha value is -3.70. The first-order valence-corrected chi connectivity index (χ1v) is 25.1. The Bertz CT molecular complexity index is 1290. The van der Waals surface area contributed by atoms with E-state index in [1.807, 2.05) is 0 Å². The molecule has 5 heteroatoms. The molecule has 62 heavy (non-hydrogen) atoms. The number of unbranched alkanes of at least 4 members (excludes halogenated alkanes) is 16. The smallest absolute Gasteiger partial charge is 0.306 e. The monoisotopic (exact) mass is 857 g/mol. The predicted molar refractivity (Wildman–Crippen MR) is 269 cm³/mol. The lowest BCUT2D eigenvalue weighted by molar-refractivity contribution is -0.161. The second-order valence-electron chi connectivity index (χ2n) is 16.1. The van der Waals surface area contributed by atoms with Crippen molar-refractivity contribution in [1.82, 2.24) is 0 Å². The highest BCUT2D eigenvalue weighted by molar-refractivity contribution is 5.70. The van der Waals surface area contributed by atoms with Crippen LogP contribution in [0.25, 0.3) is 0 Å². The third-order valence-corrected chi connectivity index (χ3v) is 10.3. The molecule has 0 spiro atoms. The molecule has 0 fully saturated rings. The third kappa shape index (κ3) is 49.0. The molecule has 0 rings (SSSR count). The number of allylic oxidation sites excluding steroid dienone is 20. The summed E-state index contributed by atoms with van der Waals surface area (Å²) >= 11 is 0. The highest BCUT2D eigenvalue weighted by Crippen LogP contribution is 2.15. The van der Waals surface area contributed by atoms with Gasteiger partial charge in [0.1, 0.15) is 6.61 Å². The molecule has 1 N–H and O–H groups in total. The van der Waals surface area contributed by atoms with Crippen LogP contribution in [-0.2, 0) is 19.1 Å². The first kappa shape index (κ1) is 58.3. The third-order valence-electron chi connectivity index (χ3n) is 10.3. The van der Waals surface area contributed by atoms with E-state index in [-0.39, 0.29) is 25.2 Å². The largest absolute Gasteiger partial charge is 0.462 e. The number of ether oxygens (including phenoxy) is 2. The molecule has 0 aromatic carbocycles. The average Bonchev–Trinajstić information content (AvgIpc) is 3.28. The zero-order valence-electron chi connectivity index (χ0n) is 39.8. The van der Waals surface area contributed by atoms with Gasteiger partial charge in [-0.2, -0.15) is 0 Å². The lowest BCUT2D eigenvalue weighted by Gasteiger charge is -2.15. The van der Waals surface area contributed by atoms with E-state index in [1.54, 1.807) is 0 Å². The molecule has 0 radical (unpaired) electrons. The Kier molecular flexibility index (Phi) is 48.6. The zero-order chi connectivity index (χ0) is 44.9. The van der Waals surface area contributed by atoms with Gasteiger partial charge in [-0.15, -0.1) is 0 Å². The van der Waals surface area contributed by atoms with Crippen LogP contribution < -0.4 is 0 Å². The van der Waals surface area contributed by atoms with Crippen LogP contribution in [0.15, 0.2) is 122 Å². The van der Waals surface area contributed by atoms with Crippen LogP contribution in [0.2, 0.25) is 0 Å². The Balaban J connectivity index is 3.57. The number of hydrogen-bond donors (Lipinski definition) is 1. The summed E-state index contributed by atoms with van der Waals surface area (Å²) in [6, 6.07) is 0. The Morgan fingerprint density at radius 3 is 1.02 bits per heavy atom. The van der Waals surface area contributed by atoms with Crippen LogP contribution in [0.4, 0.5) is 0 Å². The average molecular weight is 857 g/mol. The molecule has 0 aromatic heterocycles. The highest BCUT2D eigenvalue weighted by atomic mass is 16.6. The first-order valence-electron chi connectivity index (χ1n) is 25.1. The predicted octanol–water partition coefficient (Wildman–Crippen LogP) is 16.7. The fourth-order valence-electron chi connectivity index (χ4n) is 6.56. The van der Waals surface area contributed by atoms with Crippen LogP contribution in [-0.4, -0.2) is 36.4 Å². The topological polar surface area (TPSA) is 72.8 Å². The van der Waals surface area contributed by atoms with Crippen molar-refractivity contribution in [1.29, 1.82) is 0 Å². The number of carbonyl (C=O) groups excluding carboxylic acids is 2. The van der Waals surface area contributed by atoms with Gasteiger partial charge >= 0.3 is 11.9 Å². The van der Waals surface area contributed by atoms with Gasteiger partial charge in [0.2, 0.25) is 0 Å². The van der Waals surface area contributed by atoms with E-state index in [4.69, 9.17) is 9.47 Å². The first-order chi connectivity index (χ1) is 30.6. The van der Waals surface area contributed by atoms with Crippen molar-refractivity contribution in [2.75, 3.05) is 13.2 Å². The lowest BCUT2D eigenvalue weighted by atomic mass is 10.0. The summed E-state index contributed by atoms with van der Waals surface area (Å²) in [7, 11) is 0. The van der Waals surface area contributed by atoms with Gasteiger partial charge < -0.3 is 14.6 Å². The van der Waals surface area contributed by atoms with E-state index < -0.39 is 6.10 Å². The molecule has 0 aliphatic carbocycles. The fraction of sp³-hybridized carbons (Fsp3) is 0.614. The molecule has 0 aliphatic heterocycles. The summed E-state index contributed by atoms with van der Waals surface area (Å²) in [5, 5.41) is 9.61. The highest BCUT2D eigenvalue weighted by Gasteiger charge is 2.16. The van der Waals surface area contributed by atoms with E-state index in [2.05, 4.69) is 135 Å². The fourth-order valence-corrected chi connectivity index (χ4v) is 6.56. The van der Waals surface area contributed by atoms with Crippen molar-refractivity contribution >= 4 is 11.9 Å². The van der Waals surface area contributed by atoms with Gasteiger partial charge in [-0.05, 0) is 96.3 Å². The summed E-state index contributed by atoms with van der Waals surface area (Å²) in [6.07, 6.45) is 75.9. The van der Waals surface area contributed by atoms with Gasteiger partial charge in [-0.1, -0.05) is 219 Å². The van der Waals surface area contributed by atoms with Crippen molar-refractivity contribution in [3.05, 3.63) is 122 Å². The Morgan fingerprint density at radius 1 is 0.371 bits per heavy atom. The summed E-state index contributed by atoms with van der Waals surface area (Å²) in [6.45, 7) is 3.86. The number of esters is 2. The maximum absolute atomic E-state index is 12.3. The number of aliphatic hydroxyl groups excluding tert-OH is 1. The molecule has 350 valence electrons. The van der Waals surface area contributed by atoms with E-state index in [1.165, 1.54) is 83.5 Å². The van der Waals surface area contributed by atoms with E-state index >= 15 is 0 Å². The number of carbonyl (C=O) groups is 2. The molecule has 0 bridgehead atoms. The SMILES string of the molecule is CC/C=C\C/C=C\C/C=C\C/C=C\C/C=C\CCCCCCCCCCCCCCCCCC(=O)OC(CO)COC(=O)CCC/C=C\C/C=C\C/C=C\C/C=C\C/C=C\CC. The quantitative estimate of drug-likeness (QED) is 0.0375. The van der Waals surface area contributed by atoms with Crippen LogP contribution in [0.1, 0.15) is 206 Å². The van der Waals surface area contributed by atoms with Crippen molar-refractivity contribution < 1.29 is 24.2 Å². The van der Waals surface area contributed by atoms with Crippen molar-refractivity contribution in [2.45, 2.75) is 213 Å². The van der Waals surface area contributed by atoms with Gasteiger partial charge in [-0.25, -0.2) is 0 Å². The minimum Gasteiger partial charge on any atom is -0.462 e. The van der Waals surface area contributed by atoms with Gasteiger partial charge in [0.15, 0.2) is 6.10 Å². The van der Waals surface area contributed by atoms with Gasteiger partial charge in [0.25, 0.3) is 0 Å². The molecule has 0 heterocycles. The van der Waals surface area contributed by atoms with E-state index in [9.17, 15) is 14.7 Å².